The number of likely N-dealkylation sites (N-methyl/N-ethyl adjacent to an activating group) is 1. The highest BCUT2D eigenvalue weighted by molar-refractivity contribution is 6.32. The molecule has 0 aliphatic carbocycles. The van der Waals surface area contributed by atoms with Gasteiger partial charge in [-0.15, -0.1) is 0 Å². The lowest BCUT2D eigenvalue weighted by Crippen LogP contribution is -2.30. The minimum Gasteiger partial charge on any atom is -0.481 e. The van der Waals surface area contributed by atoms with E-state index in [0.717, 1.165) is 6.54 Å². The Hall–Kier alpha value is -3.27. The smallest absolute Gasteiger partial charge is 0.308 e. The molecular weight excluding hydrogens is 450 g/mol. The number of ether oxygens (including phenoxy) is 1. The Morgan fingerprint density at radius 3 is 2.42 bits per heavy atom. The molecule has 1 aliphatic rings. The maximum Gasteiger partial charge on any atom is 0.308 e. The number of carboxylic acids is 1. The number of carbonyl (C=O) groups is 3. The molecule has 10 heteroatoms. The topological polar surface area (TPSA) is 129 Å². The molecule has 2 aromatic carbocycles. The van der Waals surface area contributed by atoms with Gasteiger partial charge in [-0.3, -0.25) is 14.4 Å². The molecule has 0 saturated carbocycles. The van der Waals surface area contributed by atoms with E-state index in [1.54, 1.807) is 18.2 Å². The third-order valence-corrected chi connectivity index (χ3v) is 4.58. The number of carboxylic acid groups (broad SMARTS) is 1. The van der Waals surface area contributed by atoms with E-state index in [2.05, 4.69) is 10.3 Å². The first kappa shape index (κ1) is 26.0. The minimum absolute atomic E-state index is 0.257. The zero-order chi connectivity index (χ0) is 24.4. The number of hydrogen-bond acceptors (Lipinski definition) is 7. The van der Waals surface area contributed by atoms with Crippen LogP contribution in [0.5, 0.6) is 0 Å². The van der Waals surface area contributed by atoms with Crippen LogP contribution < -0.4 is 5.32 Å². The lowest BCUT2D eigenvalue weighted by Gasteiger charge is -2.12. The van der Waals surface area contributed by atoms with Crippen LogP contribution in [-0.4, -0.2) is 72.1 Å². The molecule has 3 rings (SSSR count). The van der Waals surface area contributed by atoms with Crippen LogP contribution in [0, 0.1) is 0 Å². The lowest BCUT2D eigenvalue weighted by molar-refractivity contribution is -0.155. The van der Waals surface area contributed by atoms with E-state index in [4.69, 9.17) is 26.6 Å². The van der Waals surface area contributed by atoms with Gasteiger partial charge in [0.25, 0.3) is 12.1 Å². The van der Waals surface area contributed by atoms with Gasteiger partial charge in [-0.2, -0.15) is 0 Å². The Bertz CT molecular complexity index is 1010. The van der Waals surface area contributed by atoms with Crippen LogP contribution in [0.25, 0.3) is 0 Å². The summed E-state index contributed by atoms with van der Waals surface area (Å²) in [5, 5.41) is 20.0. The number of amides is 1. The summed E-state index contributed by atoms with van der Waals surface area (Å²) in [5.74, 6) is -2.58. The van der Waals surface area contributed by atoms with Gasteiger partial charge in [-0.25, -0.2) is 4.99 Å². The van der Waals surface area contributed by atoms with Crippen molar-refractivity contribution in [2.24, 2.45) is 4.99 Å². The first-order valence-corrected chi connectivity index (χ1v) is 10.5. The molecule has 9 nitrogen and oxygen atoms in total. The van der Waals surface area contributed by atoms with Crippen molar-refractivity contribution in [2.45, 2.75) is 19.1 Å². The number of anilines is 1. The number of aliphatic imine (C=N–C) groups is 1. The first-order valence-electron chi connectivity index (χ1n) is 10.1. The molecule has 1 amide bonds. The highest BCUT2D eigenvalue weighted by Gasteiger charge is 2.29. The fourth-order valence-corrected chi connectivity index (χ4v) is 2.93. The summed E-state index contributed by atoms with van der Waals surface area (Å²) in [4.78, 5) is 41.2. The number of halogens is 1. The molecule has 33 heavy (non-hydrogen) atoms. The molecule has 0 aromatic heterocycles. The summed E-state index contributed by atoms with van der Waals surface area (Å²) in [6.07, 6.45) is -2.18. The second-order valence-electron chi connectivity index (χ2n) is 7.29. The molecule has 1 unspecified atom stereocenters. The van der Waals surface area contributed by atoms with E-state index < -0.39 is 30.5 Å². The monoisotopic (exact) mass is 475 g/mol. The van der Waals surface area contributed by atoms with Gasteiger partial charge < -0.3 is 25.2 Å². The van der Waals surface area contributed by atoms with Crippen LogP contribution in [0.1, 0.15) is 24.0 Å². The number of esters is 1. The Balaban J connectivity index is 0.000000569. The van der Waals surface area contributed by atoms with Crippen LogP contribution >= 0.6 is 11.6 Å². The van der Waals surface area contributed by atoms with Crippen molar-refractivity contribution in [2.75, 3.05) is 32.6 Å². The SMILES string of the molecule is CN(C)CCO.O=C(O)CCC(=O)OC1N=C(c2ccccc2)c2cc(Cl)ccc2NC1=O. The van der Waals surface area contributed by atoms with Gasteiger partial charge in [0.05, 0.1) is 30.8 Å². The number of aliphatic hydroxyl groups is 1. The zero-order valence-electron chi connectivity index (χ0n) is 18.3. The quantitative estimate of drug-likeness (QED) is 0.524. The number of nitrogens with one attached hydrogen (secondary N) is 1. The highest BCUT2D eigenvalue weighted by Crippen LogP contribution is 2.27. The molecule has 0 bridgehead atoms. The van der Waals surface area contributed by atoms with Gasteiger partial charge in [0, 0.05) is 22.7 Å². The second kappa shape index (κ2) is 12.7. The normalized spacial score (nSPS) is 14.8. The summed E-state index contributed by atoms with van der Waals surface area (Å²) in [6, 6.07) is 14.0. The van der Waals surface area contributed by atoms with Crippen LogP contribution in [0.4, 0.5) is 5.69 Å². The summed E-state index contributed by atoms with van der Waals surface area (Å²) in [5.41, 5.74) is 2.22. The predicted molar refractivity (Wildman–Crippen MR) is 125 cm³/mol. The Morgan fingerprint density at radius 2 is 1.85 bits per heavy atom. The number of rotatable bonds is 7. The van der Waals surface area contributed by atoms with Crippen molar-refractivity contribution in [3.05, 3.63) is 64.7 Å². The number of fused-ring (bicyclic) bond motifs is 1. The Morgan fingerprint density at radius 1 is 1.15 bits per heavy atom. The van der Waals surface area contributed by atoms with Gasteiger partial charge in [0.15, 0.2) is 0 Å². The van der Waals surface area contributed by atoms with Crippen molar-refractivity contribution in [1.29, 1.82) is 0 Å². The average molecular weight is 476 g/mol. The van der Waals surface area contributed by atoms with Crippen LogP contribution in [0.15, 0.2) is 53.5 Å². The summed E-state index contributed by atoms with van der Waals surface area (Å²) in [7, 11) is 3.85. The minimum atomic E-state index is -1.44. The van der Waals surface area contributed by atoms with E-state index in [1.807, 2.05) is 49.3 Å². The molecular formula is C23H26ClN3O6. The molecule has 1 atom stereocenters. The Labute approximate surface area is 196 Å². The maximum absolute atomic E-state index is 12.5. The summed E-state index contributed by atoms with van der Waals surface area (Å²) < 4.78 is 5.11. The van der Waals surface area contributed by atoms with E-state index in [9.17, 15) is 14.4 Å². The van der Waals surface area contributed by atoms with Crippen LogP contribution in [0.2, 0.25) is 5.02 Å². The molecule has 0 saturated heterocycles. The Kier molecular flexibility index (Phi) is 9.99. The van der Waals surface area contributed by atoms with Crippen molar-refractivity contribution in [3.63, 3.8) is 0 Å². The predicted octanol–water partition coefficient (Wildman–Crippen LogP) is 2.40. The largest absolute Gasteiger partial charge is 0.481 e. The van der Waals surface area contributed by atoms with Crippen molar-refractivity contribution < 1.29 is 29.3 Å². The van der Waals surface area contributed by atoms with Gasteiger partial charge >= 0.3 is 11.9 Å². The van der Waals surface area contributed by atoms with Gasteiger partial charge in [0.2, 0.25) is 0 Å². The first-order chi connectivity index (χ1) is 15.7. The van der Waals surface area contributed by atoms with Crippen LogP contribution in [-0.2, 0) is 19.1 Å². The third kappa shape index (κ3) is 8.30. The van der Waals surface area contributed by atoms with Crippen molar-refractivity contribution in [1.82, 2.24) is 4.90 Å². The molecule has 2 aromatic rings. The molecule has 0 fully saturated rings. The molecule has 1 aliphatic heterocycles. The molecule has 0 radical (unpaired) electrons. The van der Waals surface area contributed by atoms with Crippen LogP contribution in [0.3, 0.4) is 0 Å². The fraction of sp³-hybridized carbons (Fsp3) is 0.304. The molecule has 3 N–H and O–H groups in total. The average Bonchev–Trinajstić information content (AvgIpc) is 2.90. The van der Waals surface area contributed by atoms with E-state index >= 15 is 0 Å². The van der Waals surface area contributed by atoms with E-state index in [1.165, 1.54) is 0 Å². The summed E-state index contributed by atoms with van der Waals surface area (Å²) >= 11 is 6.10. The number of aliphatic hydroxyl groups excluding tert-OH is 1. The zero-order valence-corrected chi connectivity index (χ0v) is 19.1. The van der Waals surface area contributed by atoms with Crippen molar-refractivity contribution >= 4 is 40.8 Å². The van der Waals surface area contributed by atoms with Crippen molar-refractivity contribution in [3.8, 4) is 0 Å². The van der Waals surface area contributed by atoms with E-state index in [-0.39, 0.29) is 13.0 Å². The standard InChI is InChI=1S/C19H15ClN2O5.C4H11NO/c20-12-6-7-14-13(10-12)17(11-4-2-1-3-5-11)22-19(18(26)21-14)27-16(25)9-8-15(23)24;1-5(2)3-4-6/h1-7,10,19H,8-9H2,(H,21,26)(H,23,24);6H,3-4H2,1-2H3. The molecule has 176 valence electrons. The van der Waals surface area contributed by atoms with Gasteiger partial charge in [0.1, 0.15) is 0 Å². The fourth-order valence-electron chi connectivity index (χ4n) is 2.76. The number of benzodiazepines with no additional fused rings is 1. The third-order valence-electron chi connectivity index (χ3n) is 4.35. The number of benzene rings is 2. The number of nitrogens with zero attached hydrogens (tertiary/aromatic N) is 2. The van der Waals surface area contributed by atoms with Gasteiger partial charge in [-0.1, -0.05) is 41.9 Å². The molecule has 0 spiro atoms. The highest BCUT2D eigenvalue weighted by atomic mass is 35.5. The van der Waals surface area contributed by atoms with Gasteiger partial charge in [-0.05, 0) is 32.3 Å². The number of hydrogen-bond donors (Lipinski definition) is 3. The van der Waals surface area contributed by atoms with E-state index in [0.29, 0.717) is 27.5 Å². The number of aliphatic carboxylic acids is 1. The number of carbonyl (C=O) groups excluding carboxylic acids is 2. The maximum atomic E-state index is 12.5. The summed E-state index contributed by atoms with van der Waals surface area (Å²) in [6.45, 7) is 1.02. The second-order valence-corrected chi connectivity index (χ2v) is 7.72. The molecule has 1 heterocycles. The lowest BCUT2D eigenvalue weighted by atomic mass is 10.0.